The van der Waals surface area contributed by atoms with Crippen LogP contribution in [0.15, 0.2) is 42.5 Å². The molecule has 3 rings (SSSR count). The van der Waals surface area contributed by atoms with Crippen molar-refractivity contribution < 1.29 is 27.4 Å². The number of benzene rings is 2. The maximum absolute atomic E-state index is 12.2. The summed E-state index contributed by atoms with van der Waals surface area (Å²) in [6.07, 6.45) is -4.77. The zero-order valence-corrected chi connectivity index (χ0v) is 13.6. The van der Waals surface area contributed by atoms with Crippen LogP contribution in [0.1, 0.15) is 10.4 Å². The molecule has 0 saturated heterocycles. The predicted octanol–water partition coefficient (Wildman–Crippen LogP) is 4.46. The summed E-state index contributed by atoms with van der Waals surface area (Å²) in [4.78, 5) is 16.5. The second-order valence-corrected chi connectivity index (χ2v) is 5.91. The van der Waals surface area contributed by atoms with Crippen molar-refractivity contribution in [2.45, 2.75) is 6.36 Å². The number of fused-ring (bicyclic) bond motifs is 1. The third-order valence-electron chi connectivity index (χ3n) is 3.17. The van der Waals surface area contributed by atoms with E-state index in [-0.39, 0.29) is 5.56 Å². The van der Waals surface area contributed by atoms with Gasteiger partial charge in [-0.1, -0.05) is 11.3 Å². The predicted molar refractivity (Wildman–Crippen MR) is 87.3 cm³/mol. The van der Waals surface area contributed by atoms with E-state index in [1.165, 1.54) is 23.5 Å². The Kier molecular flexibility index (Phi) is 4.49. The fraction of sp³-hybridized carbons (Fsp3) is 0.125. The number of thiazole rings is 1. The normalized spacial score (nSPS) is 11.4. The lowest BCUT2D eigenvalue weighted by Gasteiger charge is -2.09. The summed E-state index contributed by atoms with van der Waals surface area (Å²) in [7, 11) is 1.55. The average molecular weight is 368 g/mol. The Morgan fingerprint density at radius 2 is 1.80 bits per heavy atom. The van der Waals surface area contributed by atoms with Crippen LogP contribution in [-0.2, 0) is 0 Å². The van der Waals surface area contributed by atoms with Crippen molar-refractivity contribution in [3.8, 4) is 11.5 Å². The summed E-state index contributed by atoms with van der Waals surface area (Å²) >= 11 is 1.26. The van der Waals surface area contributed by atoms with Crippen LogP contribution < -0.4 is 14.8 Å². The van der Waals surface area contributed by atoms with Crippen molar-refractivity contribution in [1.82, 2.24) is 4.98 Å². The number of nitrogens with one attached hydrogen (secondary N) is 1. The highest BCUT2D eigenvalue weighted by atomic mass is 32.1. The third kappa shape index (κ3) is 4.18. The number of ether oxygens (including phenoxy) is 2. The molecule has 2 aromatic carbocycles. The average Bonchev–Trinajstić information content (AvgIpc) is 2.95. The highest BCUT2D eigenvalue weighted by Gasteiger charge is 2.31. The molecule has 0 aliphatic carbocycles. The Morgan fingerprint density at radius 3 is 2.44 bits per heavy atom. The lowest BCUT2D eigenvalue weighted by Crippen LogP contribution is -2.17. The SMILES string of the molecule is COc1ccc2nc(NC(=O)c3ccc(OC(F)(F)F)cc3)sc2c1. The molecule has 0 spiro atoms. The number of carbonyl (C=O) groups is 1. The first kappa shape index (κ1) is 17.0. The van der Waals surface area contributed by atoms with Crippen LogP contribution in [0.25, 0.3) is 10.2 Å². The minimum absolute atomic E-state index is 0.186. The molecule has 0 unspecified atom stereocenters. The molecule has 1 amide bonds. The lowest BCUT2D eigenvalue weighted by atomic mass is 10.2. The Balaban J connectivity index is 1.73. The molecular weight excluding hydrogens is 357 g/mol. The molecule has 0 fully saturated rings. The van der Waals surface area contributed by atoms with Gasteiger partial charge >= 0.3 is 6.36 Å². The second-order valence-electron chi connectivity index (χ2n) is 4.88. The molecule has 1 N–H and O–H groups in total. The van der Waals surface area contributed by atoms with Crippen molar-refractivity contribution in [1.29, 1.82) is 0 Å². The summed E-state index contributed by atoms with van der Waals surface area (Å²) in [6.45, 7) is 0. The highest BCUT2D eigenvalue weighted by molar-refractivity contribution is 7.22. The quantitative estimate of drug-likeness (QED) is 0.739. The van der Waals surface area contributed by atoms with Crippen molar-refractivity contribution in [2.24, 2.45) is 0 Å². The Bertz CT molecular complexity index is 907. The number of rotatable bonds is 4. The van der Waals surface area contributed by atoms with Crippen LogP contribution >= 0.6 is 11.3 Å². The van der Waals surface area contributed by atoms with Gasteiger partial charge in [-0.05, 0) is 42.5 Å². The van der Waals surface area contributed by atoms with Gasteiger partial charge in [0.2, 0.25) is 0 Å². The third-order valence-corrected chi connectivity index (χ3v) is 4.10. The van der Waals surface area contributed by atoms with Gasteiger partial charge in [-0.2, -0.15) is 0 Å². The van der Waals surface area contributed by atoms with E-state index in [9.17, 15) is 18.0 Å². The molecule has 1 heterocycles. The van der Waals surface area contributed by atoms with Crippen molar-refractivity contribution in [3.05, 3.63) is 48.0 Å². The molecule has 1 aromatic heterocycles. The van der Waals surface area contributed by atoms with E-state index < -0.39 is 18.0 Å². The van der Waals surface area contributed by atoms with Gasteiger partial charge in [-0.25, -0.2) is 4.98 Å². The van der Waals surface area contributed by atoms with E-state index >= 15 is 0 Å². The number of carbonyl (C=O) groups excluding carboxylic acids is 1. The van der Waals surface area contributed by atoms with Gasteiger partial charge < -0.3 is 9.47 Å². The number of amides is 1. The van der Waals surface area contributed by atoms with E-state index in [1.54, 1.807) is 25.3 Å². The minimum atomic E-state index is -4.77. The van der Waals surface area contributed by atoms with Crippen molar-refractivity contribution >= 4 is 32.6 Å². The molecule has 5 nitrogen and oxygen atoms in total. The number of hydrogen-bond donors (Lipinski definition) is 1. The number of nitrogens with zero attached hydrogens (tertiary/aromatic N) is 1. The van der Waals surface area contributed by atoms with Crippen LogP contribution in [0.2, 0.25) is 0 Å². The number of methoxy groups -OCH3 is 1. The van der Waals surface area contributed by atoms with Gasteiger partial charge in [-0.15, -0.1) is 13.2 Å². The Morgan fingerprint density at radius 1 is 1.12 bits per heavy atom. The lowest BCUT2D eigenvalue weighted by molar-refractivity contribution is -0.274. The number of anilines is 1. The molecule has 25 heavy (non-hydrogen) atoms. The summed E-state index contributed by atoms with van der Waals surface area (Å²) in [5, 5.41) is 3.00. The summed E-state index contributed by atoms with van der Waals surface area (Å²) < 4.78 is 46.1. The topological polar surface area (TPSA) is 60.5 Å². The maximum Gasteiger partial charge on any atom is 0.573 e. The van der Waals surface area contributed by atoms with Crippen LogP contribution in [-0.4, -0.2) is 24.4 Å². The summed E-state index contributed by atoms with van der Waals surface area (Å²) in [6, 6.07) is 9.96. The van der Waals surface area contributed by atoms with E-state index in [2.05, 4.69) is 15.0 Å². The van der Waals surface area contributed by atoms with Gasteiger partial charge in [0.25, 0.3) is 5.91 Å². The Labute approximate surface area is 144 Å². The largest absolute Gasteiger partial charge is 0.573 e. The summed E-state index contributed by atoms with van der Waals surface area (Å²) in [5.74, 6) is -0.199. The molecule has 3 aromatic rings. The molecule has 0 radical (unpaired) electrons. The van der Waals surface area contributed by atoms with Gasteiger partial charge in [0.15, 0.2) is 5.13 Å². The first-order valence-corrected chi connectivity index (χ1v) is 7.77. The number of alkyl halides is 3. The minimum Gasteiger partial charge on any atom is -0.497 e. The molecule has 9 heteroatoms. The molecule has 0 aliphatic rings. The Hall–Kier alpha value is -2.81. The van der Waals surface area contributed by atoms with Crippen LogP contribution in [0.4, 0.5) is 18.3 Å². The van der Waals surface area contributed by atoms with Crippen molar-refractivity contribution in [2.75, 3.05) is 12.4 Å². The monoisotopic (exact) mass is 368 g/mol. The molecule has 0 atom stereocenters. The molecular formula is C16H11F3N2O3S. The maximum atomic E-state index is 12.2. The van der Waals surface area contributed by atoms with E-state index in [0.717, 1.165) is 16.8 Å². The van der Waals surface area contributed by atoms with Crippen LogP contribution in [0.5, 0.6) is 11.5 Å². The second kappa shape index (κ2) is 6.60. The van der Waals surface area contributed by atoms with Gasteiger partial charge in [0, 0.05) is 5.56 Å². The van der Waals surface area contributed by atoms with Crippen LogP contribution in [0, 0.1) is 0 Å². The van der Waals surface area contributed by atoms with Gasteiger partial charge in [-0.3, -0.25) is 10.1 Å². The summed E-state index contributed by atoms with van der Waals surface area (Å²) in [5.41, 5.74) is 0.890. The zero-order valence-electron chi connectivity index (χ0n) is 12.8. The molecule has 0 bridgehead atoms. The zero-order chi connectivity index (χ0) is 18.0. The first-order chi connectivity index (χ1) is 11.8. The van der Waals surface area contributed by atoms with Gasteiger partial charge in [0.1, 0.15) is 11.5 Å². The van der Waals surface area contributed by atoms with Crippen molar-refractivity contribution in [3.63, 3.8) is 0 Å². The van der Waals surface area contributed by atoms with Gasteiger partial charge in [0.05, 0.1) is 17.3 Å². The number of halogens is 3. The number of aromatic nitrogens is 1. The van der Waals surface area contributed by atoms with Crippen LogP contribution in [0.3, 0.4) is 0 Å². The van der Waals surface area contributed by atoms with E-state index in [1.807, 2.05) is 0 Å². The standard InChI is InChI=1S/C16H11F3N2O3S/c1-23-11-6-7-12-13(8-11)25-15(20-12)21-14(22)9-2-4-10(5-3-9)24-16(17,18)19/h2-8H,1H3,(H,20,21,22). The molecule has 0 saturated carbocycles. The molecule has 130 valence electrons. The fourth-order valence-electron chi connectivity index (χ4n) is 2.06. The molecule has 0 aliphatic heterocycles. The smallest absolute Gasteiger partial charge is 0.497 e. The van der Waals surface area contributed by atoms with E-state index in [0.29, 0.717) is 16.4 Å². The highest BCUT2D eigenvalue weighted by Crippen LogP contribution is 2.29. The number of hydrogen-bond acceptors (Lipinski definition) is 5. The fourth-order valence-corrected chi connectivity index (χ4v) is 2.95. The first-order valence-electron chi connectivity index (χ1n) is 6.96. The van der Waals surface area contributed by atoms with E-state index in [4.69, 9.17) is 4.74 Å².